The van der Waals surface area contributed by atoms with Crippen LogP contribution >= 0.6 is 0 Å². The van der Waals surface area contributed by atoms with Crippen molar-refractivity contribution in [3.8, 4) is 0 Å². The highest BCUT2D eigenvalue weighted by Gasteiger charge is 2.40. The number of carbonyl (C=O) groups excluding carboxylic acids is 2. The van der Waals surface area contributed by atoms with E-state index in [0.29, 0.717) is 5.69 Å². The molecule has 0 radical (unpaired) electrons. The first-order valence-corrected chi connectivity index (χ1v) is 15.5. The zero-order valence-corrected chi connectivity index (χ0v) is 20.9. The summed E-state index contributed by atoms with van der Waals surface area (Å²) in [5.41, 5.74) is 4.64. The Morgan fingerprint density at radius 1 is 1.06 bits per heavy atom. The van der Waals surface area contributed by atoms with E-state index in [9.17, 15) is 18.0 Å². The lowest BCUT2D eigenvalue weighted by molar-refractivity contribution is -0.132. The van der Waals surface area contributed by atoms with Crippen LogP contribution in [0.2, 0.25) is 19.6 Å². The van der Waals surface area contributed by atoms with Gasteiger partial charge in [0.15, 0.2) is 0 Å². The van der Waals surface area contributed by atoms with Gasteiger partial charge in [-0.3, -0.25) is 10.1 Å². The van der Waals surface area contributed by atoms with Crippen LogP contribution in [0.1, 0.15) is 18.1 Å². The van der Waals surface area contributed by atoms with Gasteiger partial charge in [0.25, 0.3) is 5.91 Å². The summed E-state index contributed by atoms with van der Waals surface area (Å²) in [6.45, 7) is 7.73. The Balaban J connectivity index is 1.89. The van der Waals surface area contributed by atoms with Crippen LogP contribution in [0.5, 0.6) is 0 Å². The molecule has 2 amide bonds. The predicted octanol–water partition coefficient (Wildman–Crippen LogP) is 3.25. The fourth-order valence-corrected chi connectivity index (χ4v) is 5.35. The molecule has 0 aromatic heterocycles. The van der Waals surface area contributed by atoms with E-state index in [4.69, 9.17) is 9.26 Å². The third kappa shape index (κ3) is 6.19. The van der Waals surface area contributed by atoms with Crippen molar-refractivity contribution in [2.45, 2.75) is 50.5 Å². The molecule has 2 N–H and O–H groups in total. The van der Waals surface area contributed by atoms with Crippen LogP contribution in [0, 0.1) is 0 Å². The number of hydroxylamine groups is 1. The smallest absolute Gasteiger partial charge is 0.411 e. The van der Waals surface area contributed by atoms with Gasteiger partial charge in [0.1, 0.15) is 6.04 Å². The summed E-state index contributed by atoms with van der Waals surface area (Å²) in [7, 11) is -6.08. The van der Waals surface area contributed by atoms with Crippen molar-refractivity contribution in [1.29, 1.82) is 0 Å². The lowest BCUT2D eigenvalue weighted by Gasteiger charge is -2.35. The molecular formula is C22H29N3O6SSi. The van der Waals surface area contributed by atoms with Gasteiger partial charge in [0, 0.05) is 12.2 Å². The average molecular weight is 492 g/mol. The molecule has 11 heteroatoms. The highest BCUT2D eigenvalue weighted by molar-refractivity contribution is 7.89. The molecule has 1 aliphatic rings. The van der Waals surface area contributed by atoms with Gasteiger partial charge in [0.2, 0.25) is 18.3 Å². The molecule has 0 aliphatic carbocycles. The molecule has 0 bridgehead atoms. The number of nitrogens with one attached hydrogen (secondary N) is 2. The molecule has 0 saturated heterocycles. The molecule has 1 atom stereocenters. The number of ether oxygens (including phenoxy) is 1. The maximum absolute atomic E-state index is 13.6. The minimum absolute atomic E-state index is 0.0141. The Bertz CT molecular complexity index is 1120. The predicted molar refractivity (Wildman–Crippen MR) is 126 cm³/mol. The number of sulfonamides is 1. The van der Waals surface area contributed by atoms with Gasteiger partial charge in [-0.15, -0.1) is 0 Å². The molecular weight excluding hydrogens is 462 g/mol. The van der Waals surface area contributed by atoms with Gasteiger partial charge in [-0.2, -0.15) is 4.31 Å². The molecule has 33 heavy (non-hydrogen) atoms. The van der Waals surface area contributed by atoms with E-state index in [2.05, 4.69) is 10.8 Å². The van der Waals surface area contributed by atoms with Crippen molar-refractivity contribution in [3.63, 3.8) is 0 Å². The van der Waals surface area contributed by atoms with Gasteiger partial charge >= 0.3 is 6.09 Å². The van der Waals surface area contributed by atoms with E-state index in [1.54, 1.807) is 6.92 Å². The summed E-state index contributed by atoms with van der Waals surface area (Å²) in [5.74, 6) is -0.504. The largest absolute Gasteiger partial charge is 0.450 e. The van der Waals surface area contributed by atoms with Crippen molar-refractivity contribution in [1.82, 2.24) is 9.79 Å². The standard InChI is InChI=1S/C22H29N3O6SSi/c1-5-30-22(27)23-18-10-12-19(13-11-18)32(28,29)25-15-17-9-7-6-8-16(17)14-20(25)21(26)24-31-33(2,3)4/h6-13,20H,5,14-15H2,1-4H3,(H,23,27)(H,24,26)/t20-/m1/s1. The van der Waals surface area contributed by atoms with Gasteiger partial charge in [-0.1, -0.05) is 24.3 Å². The monoisotopic (exact) mass is 491 g/mol. The Kier molecular flexibility index (Phi) is 7.57. The third-order valence-corrected chi connectivity index (χ3v) is 7.53. The summed E-state index contributed by atoms with van der Waals surface area (Å²) in [4.78, 5) is 24.6. The molecule has 3 rings (SSSR count). The molecule has 0 spiro atoms. The normalized spacial score (nSPS) is 16.5. The number of hydrogen-bond donors (Lipinski definition) is 2. The number of fused-ring (bicyclic) bond motifs is 1. The van der Waals surface area contributed by atoms with Crippen molar-refractivity contribution in [3.05, 3.63) is 59.7 Å². The molecule has 0 saturated carbocycles. The minimum atomic E-state index is -4.02. The summed E-state index contributed by atoms with van der Waals surface area (Å²) in [6, 6.07) is 12.2. The summed E-state index contributed by atoms with van der Waals surface area (Å²) in [6.07, 6.45) is -0.390. The second-order valence-corrected chi connectivity index (χ2v) is 14.9. The topological polar surface area (TPSA) is 114 Å². The molecule has 1 aliphatic heterocycles. The fraction of sp³-hybridized carbons (Fsp3) is 0.364. The van der Waals surface area contributed by atoms with Crippen LogP contribution in [0.15, 0.2) is 53.4 Å². The lowest BCUT2D eigenvalue weighted by Crippen LogP contribution is -2.53. The Morgan fingerprint density at radius 3 is 2.30 bits per heavy atom. The van der Waals surface area contributed by atoms with Crippen LogP contribution in [-0.2, 0) is 37.0 Å². The lowest BCUT2D eigenvalue weighted by atomic mass is 9.95. The Morgan fingerprint density at radius 2 is 1.70 bits per heavy atom. The number of benzene rings is 2. The quantitative estimate of drug-likeness (QED) is 0.454. The molecule has 2 aromatic rings. The van der Waals surface area contributed by atoms with Gasteiger partial charge in [-0.05, 0) is 68.4 Å². The Hall–Kier alpha value is -2.73. The zero-order chi connectivity index (χ0) is 24.2. The molecule has 0 fully saturated rings. The summed E-state index contributed by atoms with van der Waals surface area (Å²) in [5, 5.41) is 2.53. The van der Waals surface area contributed by atoms with Crippen LogP contribution in [0.3, 0.4) is 0 Å². The highest BCUT2D eigenvalue weighted by Crippen LogP contribution is 2.30. The highest BCUT2D eigenvalue weighted by atomic mass is 32.2. The van der Waals surface area contributed by atoms with Gasteiger partial charge < -0.3 is 9.26 Å². The van der Waals surface area contributed by atoms with Crippen LogP contribution in [-0.4, -0.2) is 45.7 Å². The fourth-order valence-electron chi connectivity index (χ4n) is 3.38. The average Bonchev–Trinajstić information content (AvgIpc) is 2.76. The third-order valence-electron chi connectivity index (χ3n) is 4.95. The Labute approximate surface area is 195 Å². The zero-order valence-electron chi connectivity index (χ0n) is 19.1. The van der Waals surface area contributed by atoms with Crippen LogP contribution in [0.4, 0.5) is 10.5 Å². The summed E-state index contributed by atoms with van der Waals surface area (Å²) < 4.78 is 38.7. The number of carbonyl (C=O) groups is 2. The number of hydrogen-bond acceptors (Lipinski definition) is 6. The van der Waals surface area contributed by atoms with E-state index in [1.807, 2.05) is 43.9 Å². The van der Waals surface area contributed by atoms with E-state index in [1.165, 1.54) is 28.6 Å². The minimum Gasteiger partial charge on any atom is -0.450 e. The number of amides is 2. The van der Waals surface area contributed by atoms with Crippen molar-refractivity contribution >= 4 is 36.0 Å². The number of nitrogens with zero attached hydrogens (tertiary/aromatic N) is 1. The second kappa shape index (κ2) is 10.0. The second-order valence-electron chi connectivity index (χ2n) is 8.59. The first kappa shape index (κ1) is 24.9. The first-order valence-electron chi connectivity index (χ1n) is 10.6. The maximum atomic E-state index is 13.6. The molecule has 9 nitrogen and oxygen atoms in total. The molecule has 0 unspecified atom stereocenters. The van der Waals surface area contributed by atoms with E-state index in [0.717, 1.165) is 11.1 Å². The molecule has 2 aromatic carbocycles. The molecule has 1 heterocycles. The van der Waals surface area contributed by atoms with Crippen molar-refractivity contribution < 1.29 is 27.3 Å². The van der Waals surface area contributed by atoms with Crippen molar-refractivity contribution in [2.24, 2.45) is 0 Å². The van der Waals surface area contributed by atoms with E-state index >= 15 is 0 Å². The van der Waals surface area contributed by atoms with Crippen molar-refractivity contribution in [2.75, 3.05) is 11.9 Å². The SMILES string of the molecule is CCOC(=O)Nc1ccc(S(=O)(=O)N2Cc3ccccc3C[C@@H]2C(=O)NO[Si](C)(C)C)cc1. The maximum Gasteiger partial charge on any atom is 0.411 e. The number of rotatable bonds is 7. The van der Waals surface area contributed by atoms with Gasteiger partial charge in [0.05, 0.1) is 11.5 Å². The van der Waals surface area contributed by atoms with Crippen LogP contribution < -0.4 is 10.8 Å². The van der Waals surface area contributed by atoms with Gasteiger partial charge in [-0.25, -0.2) is 18.7 Å². The van der Waals surface area contributed by atoms with Crippen LogP contribution in [0.25, 0.3) is 0 Å². The summed E-state index contributed by atoms with van der Waals surface area (Å²) >= 11 is 0. The first-order chi connectivity index (χ1) is 15.5. The molecule has 178 valence electrons. The van der Waals surface area contributed by atoms with E-state index < -0.39 is 36.4 Å². The van der Waals surface area contributed by atoms with E-state index in [-0.39, 0.29) is 24.5 Å². The number of anilines is 1.